The number of sulfone groups is 1. The van der Waals surface area contributed by atoms with Crippen LogP contribution in [0.15, 0.2) is 53.8 Å². The Morgan fingerprint density at radius 3 is 2.63 bits per heavy atom. The van der Waals surface area contributed by atoms with Crippen LogP contribution >= 0.6 is 0 Å². The summed E-state index contributed by atoms with van der Waals surface area (Å²) in [4.78, 5) is 21.1. The largest absolute Gasteiger partial charge is 0.497 e. The van der Waals surface area contributed by atoms with Crippen LogP contribution in [0.1, 0.15) is 16.3 Å². The van der Waals surface area contributed by atoms with E-state index in [1.165, 1.54) is 4.40 Å². The molecule has 0 bridgehead atoms. The number of aromatic nitrogens is 5. The molecule has 0 spiro atoms. The second kappa shape index (κ2) is 7.59. The Bertz CT molecular complexity index is 1320. The van der Waals surface area contributed by atoms with Gasteiger partial charge in [0.2, 0.25) is 15.0 Å². The third-order valence-corrected chi connectivity index (χ3v) is 5.31. The molecule has 1 amide bonds. The number of benzene rings is 1. The van der Waals surface area contributed by atoms with Gasteiger partial charge in [-0.2, -0.15) is 5.10 Å². The van der Waals surface area contributed by atoms with E-state index in [0.717, 1.165) is 17.6 Å². The van der Waals surface area contributed by atoms with Gasteiger partial charge in [0.15, 0.2) is 11.5 Å². The van der Waals surface area contributed by atoms with E-state index in [9.17, 15) is 13.2 Å². The summed E-state index contributed by atoms with van der Waals surface area (Å²) in [7, 11) is -2.02. The molecule has 2 N–H and O–H groups in total. The number of rotatable bonds is 6. The van der Waals surface area contributed by atoms with Crippen molar-refractivity contribution in [2.45, 2.75) is 11.7 Å². The Labute approximate surface area is 171 Å². The smallest absolute Gasteiger partial charge is 0.272 e. The fraction of sp³-hybridized carbons (Fsp3) is 0.158. The molecule has 0 aliphatic heterocycles. The van der Waals surface area contributed by atoms with Gasteiger partial charge in [0, 0.05) is 18.0 Å². The van der Waals surface area contributed by atoms with Crippen molar-refractivity contribution in [3.05, 3.63) is 60.2 Å². The first kappa shape index (κ1) is 19.6. The molecule has 0 saturated heterocycles. The van der Waals surface area contributed by atoms with Crippen LogP contribution in [0, 0.1) is 0 Å². The van der Waals surface area contributed by atoms with E-state index in [2.05, 4.69) is 25.5 Å². The van der Waals surface area contributed by atoms with E-state index in [1.54, 1.807) is 43.6 Å². The second-order valence-electron chi connectivity index (χ2n) is 6.49. The van der Waals surface area contributed by atoms with E-state index < -0.39 is 15.7 Å². The lowest BCUT2D eigenvalue weighted by molar-refractivity contribution is 0.0946. The van der Waals surface area contributed by atoms with Crippen molar-refractivity contribution in [1.82, 2.24) is 29.9 Å². The fourth-order valence-corrected chi connectivity index (χ4v) is 3.70. The number of nitrogens with one attached hydrogen (secondary N) is 2. The molecule has 4 rings (SSSR count). The van der Waals surface area contributed by atoms with Crippen LogP contribution in [-0.4, -0.2) is 52.3 Å². The SMILES string of the molecule is COc1ccc(-c2n[nH]c(CNC(=O)c3nc(S(C)(=O)=O)n4ccccc34)n2)cc1. The molecule has 3 heterocycles. The number of hydrogen-bond acceptors (Lipinski definition) is 7. The zero-order chi connectivity index (χ0) is 21.3. The van der Waals surface area contributed by atoms with Crippen molar-refractivity contribution in [3.63, 3.8) is 0 Å². The zero-order valence-electron chi connectivity index (χ0n) is 16.2. The number of ether oxygens (including phenoxy) is 1. The maximum absolute atomic E-state index is 12.7. The number of aromatic amines is 1. The highest BCUT2D eigenvalue weighted by molar-refractivity contribution is 7.90. The van der Waals surface area contributed by atoms with E-state index >= 15 is 0 Å². The molecule has 0 aliphatic carbocycles. The minimum Gasteiger partial charge on any atom is -0.497 e. The van der Waals surface area contributed by atoms with Crippen LogP contribution in [0.5, 0.6) is 5.75 Å². The average Bonchev–Trinajstić information content (AvgIpc) is 3.37. The number of amides is 1. The van der Waals surface area contributed by atoms with E-state index in [0.29, 0.717) is 17.2 Å². The number of imidazole rings is 1. The van der Waals surface area contributed by atoms with E-state index in [4.69, 9.17) is 4.74 Å². The first-order chi connectivity index (χ1) is 14.4. The zero-order valence-corrected chi connectivity index (χ0v) is 17.0. The van der Waals surface area contributed by atoms with Gasteiger partial charge in [0.1, 0.15) is 11.6 Å². The summed E-state index contributed by atoms with van der Waals surface area (Å²) >= 11 is 0. The van der Waals surface area contributed by atoms with Gasteiger partial charge >= 0.3 is 0 Å². The van der Waals surface area contributed by atoms with Gasteiger partial charge in [0.25, 0.3) is 5.91 Å². The Hall–Kier alpha value is -3.73. The quantitative estimate of drug-likeness (QED) is 0.477. The molecule has 0 fully saturated rings. The lowest BCUT2D eigenvalue weighted by atomic mass is 10.2. The van der Waals surface area contributed by atoms with Crippen molar-refractivity contribution in [2.75, 3.05) is 13.4 Å². The first-order valence-electron chi connectivity index (χ1n) is 8.88. The van der Waals surface area contributed by atoms with Crippen LogP contribution in [0.3, 0.4) is 0 Å². The highest BCUT2D eigenvalue weighted by Crippen LogP contribution is 2.19. The monoisotopic (exact) mass is 426 g/mol. The third kappa shape index (κ3) is 3.74. The predicted molar refractivity (Wildman–Crippen MR) is 108 cm³/mol. The number of H-pyrrole nitrogens is 1. The molecule has 0 aliphatic rings. The summed E-state index contributed by atoms with van der Waals surface area (Å²) in [5.41, 5.74) is 1.21. The Kier molecular flexibility index (Phi) is 4.96. The molecule has 0 radical (unpaired) electrons. The van der Waals surface area contributed by atoms with Crippen molar-refractivity contribution in [1.29, 1.82) is 0 Å². The molecular formula is C19H18N6O4S. The van der Waals surface area contributed by atoms with E-state index in [1.807, 2.05) is 12.1 Å². The van der Waals surface area contributed by atoms with Crippen molar-refractivity contribution in [2.24, 2.45) is 0 Å². The highest BCUT2D eigenvalue weighted by Gasteiger charge is 2.22. The molecule has 154 valence electrons. The van der Waals surface area contributed by atoms with Crippen molar-refractivity contribution < 1.29 is 17.9 Å². The summed E-state index contributed by atoms with van der Waals surface area (Å²) < 4.78 is 30.5. The van der Waals surface area contributed by atoms with Gasteiger partial charge in [-0.1, -0.05) is 6.07 Å². The second-order valence-corrected chi connectivity index (χ2v) is 8.40. The number of fused-ring (bicyclic) bond motifs is 1. The van der Waals surface area contributed by atoms with Gasteiger partial charge in [0.05, 0.1) is 19.2 Å². The van der Waals surface area contributed by atoms with Gasteiger partial charge in [-0.05, 0) is 36.4 Å². The van der Waals surface area contributed by atoms with E-state index in [-0.39, 0.29) is 17.4 Å². The molecule has 3 aromatic heterocycles. The fourth-order valence-electron chi connectivity index (χ4n) is 2.93. The molecular weight excluding hydrogens is 408 g/mol. The molecule has 0 saturated carbocycles. The third-order valence-electron chi connectivity index (χ3n) is 4.36. The molecule has 4 aromatic rings. The minimum absolute atomic E-state index is 0.0194. The predicted octanol–water partition coefficient (Wildman–Crippen LogP) is 1.46. The molecule has 0 unspecified atom stereocenters. The highest BCUT2D eigenvalue weighted by atomic mass is 32.2. The van der Waals surface area contributed by atoms with Crippen LogP contribution in [0.4, 0.5) is 0 Å². The van der Waals surface area contributed by atoms with Crippen LogP contribution in [-0.2, 0) is 16.4 Å². The van der Waals surface area contributed by atoms with Crippen LogP contribution in [0.25, 0.3) is 16.9 Å². The van der Waals surface area contributed by atoms with Gasteiger partial charge in [-0.15, -0.1) is 0 Å². The first-order valence-corrected chi connectivity index (χ1v) is 10.8. The van der Waals surface area contributed by atoms with Crippen LogP contribution < -0.4 is 10.1 Å². The number of carbonyl (C=O) groups excluding carboxylic acids is 1. The molecule has 10 nitrogen and oxygen atoms in total. The number of pyridine rings is 1. The lowest BCUT2D eigenvalue weighted by Gasteiger charge is -2.01. The van der Waals surface area contributed by atoms with Gasteiger partial charge < -0.3 is 10.1 Å². The standard InChI is InChI=1S/C19H18N6O4S/c1-29-13-8-6-12(7-9-13)17-21-15(23-24-17)11-20-18(26)16-14-5-3-4-10-25(14)19(22-16)30(2,27)28/h3-10H,11H2,1-2H3,(H,20,26)(H,21,23,24). The Morgan fingerprint density at radius 1 is 1.17 bits per heavy atom. The number of nitrogens with zero attached hydrogens (tertiary/aromatic N) is 4. The lowest BCUT2D eigenvalue weighted by Crippen LogP contribution is -2.24. The molecule has 11 heteroatoms. The maximum atomic E-state index is 12.7. The molecule has 0 atom stereocenters. The number of hydrogen-bond donors (Lipinski definition) is 2. The van der Waals surface area contributed by atoms with Gasteiger partial charge in [-0.25, -0.2) is 18.4 Å². The maximum Gasteiger partial charge on any atom is 0.272 e. The van der Waals surface area contributed by atoms with Crippen molar-refractivity contribution in [3.8, 4) is 17.1 Å². The summed E-state index contributed by atoms with van der Waals surface area (Å²) in [6.45, 7) is 0.0715. The molecule has 1 aromatic carbocycles. The Morgan fingerprint density at radius 2 is 1.93 bits per heavy atom. The summed E-state index contributed by atoms with van der Waals surface area (Å²) in [6.07, 6.45) is 2.60. The minimum atomic E-state index is -3.61. The summed E-state index contributed by atoms with van der Waals surface area (Å²) in [5.74, 6) is 1.13. The molecule has 30 heavy (non-hydrogen) atoms. The number of carbonyl (C=O) groups is 1. The summed E-state index contributed by atoms with van der Waals surface area (Å²) in [5, 5.41) is 9.43. The van der Waals surface area contributed by atoms with Gasteiger partial charge in [-0.3, -0.25) is 14.3 Å². The average molecular weight is 426 g/mol. The van der Waals surface area contributed by atoms with Crippen molar-refractivity contribution >= 4 is 21.3 Å². The normalized spacial score (nSPS) is 11.5. The Balaban J connectivity index is 1.53. The van der Waals surface area contributed by atoms with Crippen LogP contribution in [0.2, 0.25) is 0 Å². The summed E-state index contributed by atoms with van der Waals surface area (Å²) in [6, 6.07) is 12.3. The topological polar surface area (TPSA) is 131 Å². The number of methoxy groups -OCH3 is 1.